The van der Waals surface area contributed by atoms with Gasteiger partial charge in [-0.25, -0.2) is 9.37 Å². The van der Waals surface area contributed by atoms with Crippen molar-refractivity contribution >= 4 is 11.3 Å². The first-order valence-electron chi connectivity index (χ1n) is 6.93. The summed E-state index contributed by atoms with van der Waals surface area (Å²) >= 11 is 1.53. The minimum absolute atomic E-state index is 0.241. The van der Waals surface area contributed by atoms with E-state index in [2.05, 4.69) is 16.9 Å². The van der Waals surface area contributed by atoms with Crippen LogP contribution in [0, 0.1) is 5.82 Å². The highest BCUT2D eigenvalue weighted by Gasteiger charge is 2.12. The number of rotatable bonds is 4. The van der Waals surface area contributed by atoms with E-state index < -0.39 is 0 Å². The molecule has 1 aromatic carbocycles. The smallest absolute Gasteiger partial charge is 0.132 e. The van der Waals surface area contributed by atoms with E-state index in [-0.39, 0.29) is 5.82 Å². The highest BCUT2D eigenvalue weighted by molar-refractivity contribution is 7.13. The number of aromatic nitrogens is 2. The van der Waals surface area contributed by atoms with Gasteiger partial charge < -0.3 is 0 Å². The van der Waals surface area contributed by atoms with Crippen molar-refractivity contribution < 1.29 is 4.39 Å². The molecule has 2 nitrogen and oxygen atoms in total. The van der Waals surface area contributed by atoms with Gasteiger partial charge in [-0.2, -0.15) is 0 Å². The van der Waals surface area contributed by atoms with Crippen LogP contribution >= 0.6 is 11.3 Å². The van der Waals surface area contributed by atoms with Gasteiger partial charge in [-0.1, -0.05) is 25.5 Å². The number of nitrogens with zero attached hydrogens (tertiary/aromatic N) is 2. The standard InChI is InChI=1S/C17H15FN2S/c1-2-5-12-8-9-19-10-14(12)17-20-16(11-21-17)13-6-3-4-7-15(13)18/h3-4,6-11H,2,5H2,1H3. The number of hydrogen-bond acceptors (Lipinski definition) is 3. The van der Waals surface area contributed by atoms with E-state index in [1.54, 1.807) is 18.3 Å². The van der Waals surface area contributed by atoms with E-state index in [4.69, 9.17) is 0 Å². The van der Waals surface area contributed by atoms with Crippen molar-refractivity contribution in [2.75, 3.05) is 0 Å². The average Bonchev–Trinajstić information content (AvgIpc) is 2.98. The normalized spacial score (nSPS) is 10.8. The summed E-state index contributed by atoms with van der Waals surface area (Å²) in [7, 11) is 0. The second-order valence-electron chi connectivity index (χ2n) is 4.80. The lowest BCUT2D eigenvalue weighted by Gasteiger charge is -2.04. The fourth-order valence-electron chi connectivity index (χ4n) is 2.29. The molecule has 0 aliphatic carbocycles. The number of hydrogen-bond donors (Lipinski definition) is 0. The Balaban J connectivity index is 2.01. The molecule has 0 saturated carbocycles. The Morgan fingerprint density at radius 2 is 2.00 bits per heavy atom. The van der Waals surface area contributed by atoms with E-state index in [0.29, 0.717) is 11.3 Å². The summed E-state index contributed by atoms with van der Waals surface area (Å²) in [6.07, 6.45) is 5.71. The Kier molecular flexibility index (Phi) is 4.06. The number of aryl methyl sites for hydroxylation is 1. The Labute approximate surface area is 127 Å². The molecule has 0 saturated heterocycles. The van der Waals surface area contributed by atoms with Crippen molar-refractivity contribution in [3.63, 3.8) is 0 Å². The predicted molar refractivity (Wildman–Crippen MR) is 84.7 cm³/mol. The van der Waals surface area contributed by atoms with Gasteiger partial charge in [-0.15, -0.1) is 11.3 Å². The maximum absolute atomic E-state index is 13.8. The van der Waals surface area contributed by atoms with Crippen molar-refractivity contribution in [2.45, 2.75) is 19.8 Å². The SMILES string of the molecule is CCCc1ccncc1-c1nc(-c2ccccc2F)cs1. The molecule has 0 radical (unpaired) electrons. The number of pyridine rings is 1. The summed E-state index contributed by atoms with van der Waals surface area (Å²) in [6.45, 7) is 2.15. The summed E-state index contributed by atoms with van der Waals surface area (Å²) in [4.78, 5) is 8.79. The lowest BCUT2D eigenvalue weighted by Crippen LogP contribution is -1.90. The Morgan fingerprint density at radius 1 is 1.14 bits per heavy atom. The molecule has 0 aliphatic heterocycles. The van der Waals surface area contributed by atoms with Gasteiger partial charge in [-0.05, 0) is 30.2 Å². The van der Waals surface area contributed by atoms with Gasteiger partial charge in [-0.3, -0.25) is 4.98 Å². The molecular weight excluding hydrogens is 283 g/mol. The fourth-order valence-corrected chi connectivity index (χ4v) is 3.16. The molecular formula is C17H15FN2S. The summed E-state index contributed by atoms with van der Waals surface area (Å²) in [5, 5.41) is 2.79. The van der Waals surface area contributed by atoms with Crippen LogP contribution in [0.15, 0.2) is 48.1 Å². The minimum atomic E-state index is -0.241. The Hall–Kier alpha value is -2.07. The molecule has 0 bridgehead atoms. The summed E-state index contributed by atoms with van der Waals surface area (Å²) in [5.41, 5.74) is 3.51. The number of benzene rings is 1. The van der Waals surface area contributed by atoms with Crippen molar-refractivity contribution in [1.82, 2.24) is 9.97 Å². The van der Waals surface area contributed by atoms with Crippen LogP contribution in [0.5, 0.6) is 0 Å². The second-order valence-corrected chi connectivity index (χ2v) is 5.66. The summed E-state index contributed by atoms with van der Waals surface area (Å²) in [6, 6.07) is 8.75. The minimum Gasteiger partial charge on any atom is -0.264 e. The molecule has 0 atom stereocenters. The van der Waals surface area contributed by atoms with E-state index in [0.717, 1.165) is 23.4 Å². The molecule has 0 amide bonds. The van der Waals surface area contributed by atoms with Gasteiger partial charge in [0.05, 0.1) is 5.69 Å². The zero-order valence-corrected chi connectivity index (χ0v) is 12.5. The highest BCUT2D eigenvalue weighted by atomic mass is 32.1. The first kappa shape index (κ1) is 13.9. The lowest BCUT2D eigenvalue weighted by atomic mass is 10.1. The summed E-state index contributed by atoms with van der Waals surface area (Å²) in [5.74, 6) is -0.241. The highest BCUT2D eigenvalue weighted by Crippen LogP contribution is 2.31. The maximum atomic E-state index is 13.8. The van der Waals surface area contributed by atoms with Crippen LogP contribution in [0.4, 0.5) is 4.39 Å². The van der Waals surface area contributed by atoms with Gasteiger partial charge in [0.1, 0.15) is 10.8 Å². The van der Waals surface area contributed by atoms with Crippen LogP contribution in [0.2, 0.25) is 0 Å². The molecule has 0 fully saturated rings. The van der Waals surface area contributed by atoms with Gasteiger partial charge in [0.25, 0.3) is 0 Å². The van der Waals surface area contributed by atoms with Gasteiger partial charge in [0.2, 0.25) is 0 Å². The Morgan fingerprint density at radius 3 is 2.81 bits per heavy atom. The van der Waals surface area contributed by atoms with E-state index in [1.807, 2.05) is 23.7 Å². The maximum Gasteiger partial charge on any atom is 0.132 e. The molecule has 4 heteroatoms. The van der Waals surface area contributed by atoms with Crippen molar-refractivity contribution in [3.8, 4) is 21.8 Å². The molecule has 3 rings (SSSR count). The van der Waals surface area contributed by atoms with E-state index in [9.17, 15) is 4.39 Å². The first-order valence-corrected chi connectivity index (χ1v) is 7.81. The fraction of sp³-hybridized carbons (Fsp3) is 0.176. The largest absolute Gasteiger partial charge is 0.264 e. The zero-order chi connectivity index (χ0) is 14.7. The molecule has 0 aliphatic rings. The van der Waals surface area contributed by atoms with Crippen LogP contribution in [-0.4, -0.2) is 9.97 Å². The zero-order valence-electron chi connectivity index (χ0n) is 11.7. The first-order chi connectivity index (χ1) is 10.3. The molecule has 0 spiro atoms. The third-order valence-electron chi connectivity index (χ3n) is 3.32. The van der Waals surface area contributed by atoms with Crippen molar-refractivity contribution in [1.29, 1.82) is 0 Å². The molecule has 2 aromatic heterocycles. The lowest BCUT2D eigenvalue weighted by molar-refractivity contribution is 0.631. The second kappa shape index (κ2) is 6.14. The van der Waals surface area contributed by atoms with Crippen LogP contribution in [-0.2, 0) is 6.42 Å². The van der Waals surface area contributed by atoms with Crippen molar-refractivity contribution in [2.24, 2.45) is 0 Å². The molecule has 106 valence electrons. The van der Waals surface area contributed by atoms with E-state index in [1.165, 1.54) is 23.0 Å². The summed E-state index contributed by atoms with van der Waals surface area (Å²) < 4.78 is 13.8. The molecule has 2 heterocycles. The molecule has 0 unspecified atom stereocenters. The topological polar surface area (TPSA) is 25.8 Å². The predicted octanol–water partition coefficient (Wildman–Crippen LogP) is 4.96. The third-order valence-corrected chi connectivity index (χ3v) is 4.19. The number of halogens is 1. The van der Waals surface area contributed by atoms with Gasteiger partial charge in [0, 0.05) is 28.9 Å². The van der Waals surface area contributed by atoms with Gasteiger partial charge in [0.15, 0.2) is 0 Å². The number of thiazole rings is 1. The van der Waals surface area contributed by atoms with Crippen LogP contribution in [0.3, 0.4) is 0 Å². The molecule has 21 heavy (non-hydrogen) atoms. The van der Waals surface area contributed by atoms with Crippen LogP contribution in [0.25, 0.3) is 21.8 Å². The average molecular weight is 298 g/mol. The third kappa shape index (κ3) is 2.85. The Bertz CT molecular complexity index is 752. The van der Waals surface area contributed by atoms with Crippen molar-refractivity contribution in [3.05, 3.63) is 59.5 Å². The van der Waals surface area contributed by atoms with Crippen LogP contribution in [0.1, 0.15) is 18.9 Å². The molecule has 3 aromatic rings. The quantitative estimate of drug-likeness (QED) is 0.680. The van der Waals surface area contributed by atoms with Crippen LogP contribution < -0.4 is 0 Å². The van der Waals surface area contributed by atoms with Gasteiger partial charge >= 0.3 is 0 Å². The monoisotopic (exact) mass is 298 g/mol. The van der Waals surface area contributed by atoms with E-state index >= 15 is 0 Å². The molecule has 0 N–H and O–H groups in total.